The summed E-state index contributed by atoms with van der Waals surface area (Å²) in [5, 5.41) is 7.31. The summed E-state index contributed by atoms with van der Waals surface area (Å²) in [4.78, 5) is 15.4. The molecule has 2 heterocycles. The molecule has 0 atom stereocenters. The van der Waals surface area contributed by atoms with Gasteiger partial charge >= 0.3 is 0 Å². The second kappa shape index (κ2) is 3.41. The molecule has 0 spiro atoms. The minimum absolute atomic E-state index is 0.0887. The molecule has 6 heteroatoms. The van der Waals surface area contributed by atoms with Crippen LogP contribution in [0.2, 0.25) is 0 Å². The van der Waals surface area contributed by atoms with Crippen molar-refractivity contribution in [2.45, 2.75) is 6.42 Å². The summed E-state index contributed by atoms with van der Waals surface area (Å²) in [6, 6.07) is 1.65. The van der Waals surface area contributed by atoms with Crippen LogP contribution < -0.4 is 0 Å². The number of carbonyl (C=O) groups excluding carboxylic acids is 1. The Bertz CT molecular complexity index is 432. The Morgan fingerprint density at radius 3 is 3.07 bits per heavy atom. The lowest BCUT2D eigenvalue weighted by Gasteiger charge is -1.97. The number of aryl methyl sites for hydroxylation is 1. The van der Waals surface area contributed by atoms with Gasteiger partial charge in [0.25, 0.3) is 0 Å². The number of carbonyl (C=O) groups is 1. The van der Waals surface area contributed by atoms with Crippen molar-refractivity contribution in [2.75, 3.05) is 0 Å². The van der Waals surface area contributed by atoms with E-state index in [0.29, 0.717) is 11.6 Å². The highest BCUT2D eigenvalue weighted by molar-refractivity contribution is 5.95. The number of Topliss-reactive ketones (excluding diaryl/α,β-unsaturated/α-hetero) is 1. The molecular formula is C8H8N4O2. The van der Waals surface area contributed by atoms with E-state index in [2.05, 4.69) is 15.2 Å². The van der Waals surface area contributed by atoms with Crippen molar-refractivity contribution in [1.29, 1.82) is 0 Å². The van der Waals surface area contributed by atoms with Gasteiger partial charge < -0.3 is 4.52 Å². The SMILES string of the molecule is Cn1nccc1C(=O)Cc1ncno1. The molecule has 0 fully saturated rings. The predicted molar refractivity (Wildman–Crippen MR) is 45.5 cm³/mol. The summed E-state index contributed by atoms with van der Waals surface area (Å²) < 4.78 is 6.24. The fourth-order valence-electron chi connectivity index (χ4n) is 1.15. The number of rotatable bonds is 3. The maximum absolute atomic E-state index is 11.6. The van der Waals surface area contributed by atoms with Crippen LogP contribution in [0.3, 0.4) is 0 Å². The van der Waals surface area contributed by atoms with Crippen molar-refractivity contribution in [2.24, 2.45) is 7.05 Å². The monoisotopic (exact) mass is 192 g/mol. The molecule has 2 aromatic heterocycles. The van der Waals surface area contributed by atoms with Gasteiger partial charge in [0.1, 0.15) is 5.69 Å². The fourth-order valence-corrected chi connectivity index (χ4v) is 1.15. The van der Waals surface area contributed by atoms with Gasteiger partial charge in [-0.15, -0.1) is 0 Å². The van der Waals surface area contributed by atoms with Crippen LogP contribution in [-0.4, -0.2) is 25.7 Å². The van der Waals surface area contributed by atoms with Gasteiger partial charge in [-0.05, 0) is 6.07 Å². The van der Waals surface area contributed by atoms with Gasteiger partial charge in [-0.25, -0.2) is 0 Å². The molecule has 72 valence electrons. The van der Waals surface area contributed by atoms with Crippen LogP contribution in [0.25, 0.3) is 0 Å². The van der Waals surface area contributed by atoms with Crippen molar-refractivity contribution in [3.05, 3.63) is 30.2 Å². The van der Waals surface area contributed by atoms with Gasteiger partial charge in [0.05, 0.1) is 6.42 Å². The summed E-state index contributed by atoms with van der Waals surface area (Å²) in [6.45, 7) is 0. The lowest BCUT2D eigenvalue weighted by molar-refractivity contribution is 0.0974. The van der Waals surface area contributed by atoms with Crippen LogP contribution in [0.1, 0.15) is 16.4 Å². The molecule has 0 aliphatic rings. The molecule has 0 saturated heterocycles. The largest absolute Gasteiger partial charge is 0.339 e. The first-order valence-corrected chi connectivity index (χ1v) is 4.04. The van der Waals surface area contributed by atoms with Gasteiger partial charge in [-0.2, -0.15) is 10.1 Å². The van der Waals surface area contributed by atoms with Crippen molar-refractivity contribution >= 4 is 5.78 Å². The van der Waals surface area contributed by atoms with Gasteiger partial charge in [0.15, 0.2) is 12.1 Å². The second-order valence-electron chi connectivity index (χ2n) is 2.78. The number of ketones is 1. The first-order valence-electron chi connectivity index (χ1n) is 4.04. The van der Waals surface area contributed by atoms with Crippen molar-refractivity contribution in [3.63, 3.8) is 0 Å². The Balaban J connectivity index is 2.14. The molecule has 0 N–H and O–H groups in total. The summed E-state index contributed by atoms with van der Waals surface area (Å²) in [5.74, 6) is 0.227. The third-order valence-corrected chi connectivity index (χ3v) is 1.83. The fraction of sp³-hybridized carbons (Fsp3) is 0.250. The number of hydrogen-bond acceptors (Lipinski definition) is 5. The van der Waals surface area contributed by atoms with Crippen LogP contribution >= 0.6 is 0 Å². The van der Waals surface area contributed by atoms with Crippen LogP contribution in [-0.2, 0) is 13.5 Å². The van der Waals surface area contributed by atoms with Gasteiger partial charge in [0, 0.05) is 13.2 Å². The molecule has 14 heavy (non-hydrogen) atoms. The lowest BCUT2D eigenvalue weighted by atomic mass is 10.2. The second-order valence-corrected chi connectivity index (χ2v) is 2.78. The Morgan fingerprint density at radius 2 is 2.50 bits per heavy atom. The third kappa shape index (κ3) is 1.54. The molecular weight excluding hydrogens is 184 g/mol. The van der Waals surface area contributed by atoms with E-state index in [-0.39, 0.29) is 12.2 Å². The van der Waals surface area contributed by atoms with E-state index in [4.69, 9.17) is 4.52 Å². The highest BCUT2D eigenvalue weighted by atomic mass is 16.5. The van der Waals surface area contributed by atoms with Crippen molar-refractivity contribution in [1.82, 2.24) is 19.9 Å². The van der Waals surface area contributed by atoms with Crippen LogP contribution in [0.5, 0.6) is 0 Å². The molecule has 0 aliphatic heterocycles. The van der Waals surface area contributed by atoms with E-state index in [1.54, 1.807) is 19.3 Å². The molecule has 0 aliphatic carbocycles. The highest BCUT2D eigenvalue weighted by Crippen LogP contribution is 2.03. The van der Waals surface area contributed by atoms with Crippen molar-refractivity contribution < 1.29 is 9.32 Å². The van der Waals surface area contributed by atoms with E-state index >= 15 is 0 Å². The van der Waals surface area contributed by atoms with Crippen molar-refractivity contribution in [3.8, 4) is 0 Å². The first-order chi connectivity index (χ1) is 6.77. The Morgan fingerprint density at radius 1 is 1.64 bits per heavy atom. The maximum atomic E-state index is 11.6. The topological polar surface area (TPSA) is 73.8 Å². The minimum Gasteiger partial charge on any atom is -0.339 e. The zero-order valence-electron chi connectivity index (χ0n) is 7.54. The maximum Gasteiger partial charge on any atom is 0.234 e. The average Bonchev–Trinajstić information content (AvgIpc) is 2.75. The summed E-state index contributed by atoms with van der Waals surface area (Å²) in [5.41, 5.74) is 0.531. The number of hydrogen-bond donors (Lipinski definition) is 0. The van der Waals surface area contributed by atoms with Crippen LogP contribution in [0.15, 0.2) is 23.1 Å². The van der Waals surface area contributed by atoms with E-state index in [9.17, 15) is 4.79 Å². The Labute approximate surface area is 79.5 Å². The molecule has 0 amide bonds. The molecule has 0 bridgehead atoms. The van der Waals surface area contributed by atoms with Gasteiger partial charge in [-0.1, -0.05) is 5.16 Å². The first kappa shape index (κ1) is 8.61. The van der Waals surface area contributed by atoms with E-state index < -0.39 is 0 Å². The molecule has 2 aromatic rings. The Kier molecular flexibility index (Phi) is 2.10. The molecule has 0 radical (unpaired) electrons. The number of aromatic nitrogens is 4. The quantitative estimate of drug-likeness (QED) is 0.651. The normalized spacial score (nSPS) is 10.4. The van der Waals surface area contributed by atoms with Gasteiger partial charge in [-0.3, -0.25) is 9.48 Å². The Hall–Kier alpha value is -1.98. The zero-order chi connectivity index (χ0) is 9.97. The smallest absolute Gasteiger partial charge is 0.234 e. The molecule has 6 nitrogen and oxygen atoms in total. The summed E-state index contributed by atoms with van der Waals surface area (Å²) in [7, 11) is 1.71. The summed E-state index contributed by atoms with van der Waals surface area (Å²) >= 11 is 0. The summed E-state index contributed by atoms with van der Waals surface area (Å²) in [6.07, 6.45) is 2.95. The average molecular weight is 192 g/mol. The van der Waals surface area contributed by atoms with Crippen LogP contribution in [0.4, 0.5) is 0 Å². The molecule has 0 saturated carbocycles. The highest BCUT2D eigenvalue weighted by Gasteiger charge is 2.13. The third-order valence-electron chi connectivity index (χ3n) is 1.83. The predicted octanol–water partition coefficient (Wildman–Crippen LogP) is 0.229. The molecule has 0 unspecified atom stereocenters. The van der Waals surface area contributed by atoms with Gasteiger partial charge in [0.2, 0.25) is 5.89 Å². The van der Waals surface area contributed by atoms with E-state index in [1.165, 1.54) is 11.0 Å². The number of nitrogens with zero attached hydrogens (tertiary/aromatic N) is 4. The molecule has 0 aromatic carbocycles. The van der Waals surface area contributed by atoms with E-state index in [1.807, 2.05) is 0 Å². The van der Waals surface area contributed by atoms with E-state index in [0.717, 1.165) is 0 Å². The standard InChI is InChI=1S/C8H8N4O2/c1-12-6(2-3-10-12)7(13)4-8-9-5-11-14-8/h2-3,5H,4H2,1H3. The lowest BCUT2D eigenvalue weighted by Crippen LogP contribution is -2.09. The minimum atomic E-state index is -0.0887. The molecule has 2 rings (SSSR count). The van der Waals surface area contributed by atoms with Crippen LogP contribution in [0, 0.1) is 0 Å². The zero-order valence-corrected chi connectivity index (χ0v) is 7.54.